The predicted molar refractivity (Wildman–Crippen MR) is 138 cm³/mol. The number of ether oxygens (including phenoxy) is 2. The van der Waals surface area contributed by atoms with Gasteiger partial charge in [0.15, 0.2) is 15.1 Å². The van der Waals surface area contributed by atoms with Crippen LogP contribution in [0.5, 0.6) is 0 Å². The number of aromatic nitrogens is 2. The van der Waals surface area contributed by atoms with E-state index < -0.39 is 51.0 Å². The number of hydrogen-bond donors (Lipinski definition) is 2. The number of carbonyl (C=O) groups excluding carboxylic acids is 2. The monoisotopic (exact) mass is 570 g/mol. The highest BCUT2D eigenvalue weighted by molar-refractivity contribution is 7.92. The molecule has 0 aliphatic heterocycles. The summed E-state index contributed by atoms with van der Waals surface area (Å²) < 4.78 is 64.8. The molecule has 0 radical (unpaired) electrons. The summed E-state index contributed by atoms with van der Waals surface area (Å²) in [6, 6.07) is 4.98. The SMILES string of the molecule is COCCS(=O)(=O)C(C(=O)NCC(=O)NCCOC(C)C)c1nc2cc(-c3ccc(F)nc3)c(F)cc2s1. The summed E-state index contributed by atoms with van der Waals surface area (Å²) in [6.07, 6.45) is 1.16. The number of rotatable bonds is 13. The number of sulfone groups is 1. The van der Waals surface area contributed by atoms with E-state index in [-0.39, 0.29) is 42.0 Å². The Morgan fingerprint density at radius 1 is 1.13 bits per heavy atom. The lowest BCUT2D eigenvalue weighted by Gasteiger charge is -2.15. The molecular formula is C24H28F2N4O6S2. The van der Waals surface area contributed by atoms with Crippen LogP contribution >= 0.6 is 11.3 Å². The summed E-state index contributed by atoms with van der Waals surface area (Å²) >= 11 is 0.844. The molecule has 38 heavy (non-hydrogen) atoms. The van der Waals surface area contributed by atoms with Gasteiger partial charge in [-0.3, -0.25) is 9.59 Å². The van der Waals surface area contributed by atoms with Gasteiger partial charge in [0, 0.05) is 31.0 Å². The van der Waals surface area contributed by atoms with Crippen molar-refractivity contribution in [1.29, 1.82) is 0 Å². The number of amides is 2. The van der Waals surface area contributed by atoms with Crippen molar-refractivity contribution in [3.8, 4) is 11.1 Å². The minimum Gasteiger partial charge on any atom is -0.384 e. The first-order valence-corrected chi connectivity index (χ1v) is 14.1. The second-order valence-electron chi connectivity index (χ2n) is 8.45. The molecule has 206 valence electrons. The Hall–Kier alpha value is -3.07. The molecule has 1 unspecified atom stereocenters. The number of carbonyl (C=O) groups is 2. The zero-order valence-electron chi connectivity index (χ0n) is 21.0. The molecule has 0 bridgehead atoms. The van der Waals surface area contributed by atoms with Crippen molar-refractivity contribution in [1.82, 2.24) is 20.6 Å². The Morgan fingerprint density at radius 3 is 2.55 bits per heavy atom. The fourth-order valence-corrected chi connectivity index (χ4v) is 6.33. The van der Waals surface area contributed by atoms with Gasteiger partial charge in [0.1, 0.15) is 10.8 Å². The van der Waals surface area contributed by atoms with Gasteiger partial charge in [0.2, 0.25) is 17.8 Å². The van der Waals surface area contributed by atoms with Crippen LogP contribution in [0, 0.1) is 11.8 Å². The van der Waals surface area contributed by atoms with E-state index in [1.54, 1.807) is 0 Å². The number of methoxy groups -OCH3 is 1. The summed E-state index contributed by atoms with van der Waals surface area (Å²) in [4.78, 5) is 33.0. The predicted octanol–water partition coefficient (Wildman–Crippen LogP) is 2.40. The third kappa shape index (κ3) is 7.72. The number of nitrogens with one attached hydrogen (secondary N) is 2. The summed E-state index contributed by atoms with van der Waals surface area (Å²) in [7, 11) is -2.80. The van der Waals surface area contributed by atoms with E-state index in [1.165, 1.54) is 31.5 Å². The first kappa shape index (κ1) is 29.5. The van der Waals surface area contributed by atoms with Gasteiger partial charge in [-0.05, 0) is 38.1 Å². The standard InChI is InChI=1S/C24H28F2N4O6S2/c1-14(2)36-7-6-27-21(31)13-29-23(32)22(38(33,34)9-8-35-3)24-30-18-10-16(17(25)11-19(18)37-24)15-4-5-20(26)28-12-15/h4-5,10-12,14,22H,6-9,13H2,1-3H3,(H,27,31)(H,29,32). The smallest absolute Gasteiger partial charge is 0.245 e. The molecule has 1 aromatic carbocycles. The fourth-order valence-electron chi connectivity index (χ4n) is 3.39. The molecule has 2 aromatic heterocycles. The molecule has 1 atom stereocenters. The van der Waals surface area contributed by atoms with Crippen molar-refractivity contribution in [2.45, 2.75) is 25.2 Å². The Kier molecular flexibility index (Phi) is 10.2. The van der Waals surface area contributed by atoms with Crippen molar-refractivity contribution < 1.29 is 36.3 Å². The summed E-state index contributed by atoms with van der Waals surface area (Å²) in [5.74, 6) is -3.32. The number of benzene rings is 1. The van der Waals surface area contributed by atoms with Crippen molar-refractivity contribution >= 4 is 43.2 Å². The van der Waals surface area contributed by atoms with Crippen LogP contribution in [-0.4, -0.2) is 75.5 Å². The number of thiazole rings is 1. The summed E-state index contributed by atoms with van der Waals surface area (Å²) in [5, 5.41) is 3.08. The maximum absolute atomic E-state index is 14.8. The third-order valence-corrected chi connectivity index (χ3v) is 8.35. The number of halogens is 2. The number of fused-ring (bicyclic) bond motifs is 1. The second-order valence-corrected chi connectivity index (χ2v) is 11.7. The van der Waals surface area contributed by atoms with Crippen LogP contribution in [0.4, 0.5) is 8.78 Å². The lowest BCUT2D eigenvalue weighted by molar-refractivity contribution is -0.126. The van der Waals surface area contributed by atoms with Crippen LogP contribution < -0.4 is 10.6 Å². The highest BCUT2D eigenvalue weighted by Gasteiger charge is 2.37. The first-order valence-electron chi connectivity index (χ1n) is 11.6. The lowest BCUT2D eigenvalue weighted by Crippen LogP contribution is -2.42. The van der Waals surface area contributed by atoms with Crippen LogP contribution in [0.2, 0.25) is 0 Å². The molecule has 2 heterocycles. The van der Waals surface area contributed by atoms with Gasteiger partial charge in [-0.25, -0.2) is 22.8 Å². The van der Waals surface area contributed by atoms with Gasteiger partial charge in [0.05, 0.1) is 41.8 Å². The van der Waals surface area contributed by atoms with Gasteiger partial charge in [-0.2, -0.15) is 4.39 Å². The topological polar surface area (TPSA) is 137 Å². The van der Waals surface area contributed by atoms with Crippen LogP contribution in [0.25, 0.3) is 21.3 Å². The summed E-state index contributed by atoms with van der Waals surface area (Å²) in [5.41, 5.74) is 0.628. The third-order valence-electron chi connectivity index (χ3n) is 5.22. The lowest BCUT2D eigenvalue weighted by atomic mass is 10.1. The quantitative estimate of drug-likeness (QED) is 0.236. The fraction of sp³-hybridized carbons (Fsp3) is 0.417. The Bertz CT molecular complexity index is 1380. The maximum atomic E-state index is 14.8. The Balaban J connectivity index is 1.86. The van der Waals surface area contributed by atoms with E-state index in [4.69, 9.17) is 9.47 Å². The molecule has 10 nitrogen and oxygen atoms in total. The van der Waals surface area contributed by atoms with E-state index in [2.05, 4.69) is 20.6 Å². The minimum absolute atomic E-state index is 0.00427. The van der Waals surface area contributed by atoms with Gasteiger partial charge in [-0.15, -0.1) is 11.3 Å². The maximum Gasteiger partial charge on any atom is 0.245 e. The first-order chi connectivity index (χ1) is 18.0. The number of nitrogens with zero attached hydrogens (tertiary/aromatic N) is 2. The van der Waals surface area contributed by atoms with Crippen molar-refractivity contribution in [3.05, 3.63) is 47.2 Å². The molecule has 3 aromatic rings. The largest absolute Gasteiger partial charge is 0.384 e. The Morgan fingerprint density at radius 2 is 1.89 bits per heavy atom. The average molecular weight is 571 g/mol. The van der Waals surface area contributed by atoms with Gasteiger partial charge in [0.25, 0.3) is 0 Å². The van der Waals surface area contributed by atoms with Gasteiger partial charge >= 0.3 is 0 Å². The van der Waals surface area contributed by atoms with Crippen molar-refractivity contribution in [3.63, 3.8) is 0 Å². The van der Waals surface area contributed by atoms with Gasteiger partial charge < -0.3 is 20.1 Å². The molecule has 0 aliphatic carbocycles. The molecule has 3 rings (SSSR count). The van der Waals surface area contributed by atoms with Crippen molar-refractivity contribution in [2.24, 2.45) is 0 Å². The van der Waals surface area contributed by atoms with E-state index in [9.17, 15) is 26.8 Å². The highest BCUT2D eigenvalue weighted by atomic mass is 32.2. The molecule has 0 aliphatic rings. The number of hydrogen-bond acceptors (Lipinski definition) is 9. The van der Waals surface area contributed by atoms with Crippen molar-refractivity contribution in [2.75, 3.05) is 39.2 Å². The molecule has 0 saturated heterocycles. The molecule has 0 spiro atoms. The van der Waals surface area contributed by atoms with E-state index in [0.717, 1.165) is 17.4 Å². The summed E-state index contributed by atoms with van der Waals surface area (Å²) in [6.45, 7) is 3.58. The Labute approximate surface area is 222 Å². The molecule has 0 fully saturated rings. The second kappa shape index (κ2) is 13.1. The van der Waals surface area contributed by atoms with E-state index in [1.807, 2.05) is 13.8 Å². The van der Waals surface area contributed by atoms with Crippen LogP contribution in [0.15, 0.2) is 30.5 Å². The zero-order valence-corrected chi connectivity index (χ0v) is 22.6. The molecule has 2 amide bonds. The van der Waals surface area contributed by atoms with Crippen LogP contribution in [-0.2, 0) is 28.9 Å². The number of pyridine rings is 1. The minimum atomic E-state index is -4.13. The van der Waals surface area contributed by atoms with Crippen LogP contribution in [0.3, 0.4) is 0 Å². The van der Waals surface area contributed by atoms with Crippen LogP contribution in [0.1, 0.15) is 24.1 Å². The highest BCUT2D eigenvalue weighted by Crippen LogP contribution is 2.35. The van der Waals surface area contributed by atoms with E-state index >= 15 is 0 Å². The van der Waals surface area contributed by atoms with Gasteiger partial charge in [-0.1, -0.05) is 0 Å². The van der Waals surface area contributed by atoms with E-state index in [0.29, 0.717) is 10.3 Å². The average Bonchev–Trinajstić information content (AvgIpc) is 3.25. The normalized spacial score (nSPS) is 12.6. The molecular weight excluding hydrogens is 542 g/mol. The molecule has 0 saturated carbocycles. The molecule has 2 N–H and O–H groups in total. The zero-order chi connectivity index (χ0) is 27.9. The molecule has 14 heteroatoms.